The lowest BCUT2D eigenvalue weighted by Gasteiger charge is -2.38. The highest BCUT2D eigenvalue weighted by atomic mass is 28.5. The van der Waals surface area contributed by atoms with E-state index in [1.807, 2.05) is 0 Å². The molecule has 0 bridgehead atoms. The first-order valence-electron chi connectivity index (χ1n) is 7.06. The molecule has 0 aliphatic heterocycles. The second-order valence-electron chi connectivity index (χ2n) is 7.04. The van der Waals surface area contributed by atoms with Crippen molar-refractivity contribution in [2.45, 2.75) is 58.3 Å². The van der Waals surface area contributed by atoms with Crippen molar-refractivity contribution in [3.8, 4) is 0 Å². The zero-order chi connectivity index (χ0) is 16.0. The third-order valence-electron chi connectivity index (χ3n) is 2.23. The van der Waals surface area contributed by atoms with Gasteiger partial charge in [-0.3, -0.25) is 0 Å². The van der Waals surface area contributed by atoms with Crippen LogP contribution in [0.15, 0.2) is 12.7 Å². The number of rotatable bonds is 9. The normalized spacial score (nSPS) is 13.2. The van der Waals surface area contributed by atoms with Gasteiger partial charge in [0.05, 0.1) is 6.61 Å². The fourth-order valence-corrected chi connectivity index (χ4v) is 14.6. The van der Waals surface area contributed by atoms with Crippen LogP contribution in [0.2, 0.25) is 51.9 Å². The molecule has 7 heteroatoms. The van der Waals surface area contributed by atoms with Crippen LogP contribution in [0.5, 0.6) is 0 Å². The van der Waals surface area contributed by atoms with Gasteiger partial charge < -0.3 is 13.0 Å². The van der Waals surface area contributed by atoms with Gasteiger partial charge in [-0.15, -0.1) is 0 Å². The van der Waals surface area contributed by atoms with Gasteiger partial charge in [-0.2, -0.15) is 0 Å². The third-order valence-corrected chi connectivity index (χ3v) is 11.8. The Hall–Kier alpha value is -0.219. The number of hydrogen-bond acceptors (Lipinski definition) is 4. The van der Waals surface area contributed by atoms with Crippen molar-refractivity contribution in [2.24, 2.45) is 0 Å². The molecule has 0 aliphatic carbocycles. The molecule has 0 spiro atoms. The van der Waals surface area contributed by atoms with E-state index in [1.54, 1.807) is 0 Å². The molecule has 0 unspecified atom stereocenters. The molecule has 0 saturated carbocycles. The van der Waals surface area contributed by atoms with Gasteiger partial charge >= 0.3 is 14.5 Å². The summed E-state index contributed by atoms with van der Waals surface area (Å²) in [4.78, 5) is 11.0. The molecule has 0 amide bonds. The highest BCUT2D eigenvalue weighted by molar-refractivity contribution is 6.87. The molecule has 0 rings (SSSR count). The molecule has 0 aromatic carbocycles. The summed E-state index contributed by atoms with van der Waals surface area (Å²) < 4.78 is 17.8. The van der Waals surface area contributed by atoms with E-state index in [2.05, 4.69) is 52.4 Å². The van der Waals surface area contributed by atoms with Crippen LogP contribution in [0.3, 0.4) is 0 Å². The van der Waals surface area contributed by atoms with E-state index in [1.165, 1.54) is 6.08 Å². The molecule has 0 heterocycles. The average Bonchev–Trinajstić information content (AvgIpc) is 2.18. The fourth-order valence-electron chi connectivity index (χ4n) is 2.04. The second-order valence-corrected chi connectivity index (χ2v) is 19.9. The minimum Gasteiger partial charge on any atom is -0.463 e. The van der Waals surface area contributed by atoms with Crippen LogP contribution in [-0.4, -0.2) is 37.8 Å². The lowest BCUT2D eigenvalue weighted by Crippen LogP contribution is -2.52. The van der Waals surface area contributed by atoms with E-state index >= 15 is 0 Å². The Balaban J connectivity index is 4.54. The van der Waals surface area contributed by atoms with E-state index < -0.39 is 25.2 Å². The van der Waals surface area contributed by atoms with Crippen LogP contribution in [0.4, 0.5) is 0 Å². The van der Waals surface area contributed by atoms with Gasteiger partial charge in [0.2, 0.25) is 0 Å². The molecule has 0 saturated heterocycles. The summed E-state index contributed by atoms with van der Waals surface area (Å²) in [5, 5.41) is 0. The summed E-state index contributed by atoms with van der Waals surface area (Å²) in [5.41, 5.74) is 0. The zero-order valence-corrected chi connectivity index (χ0v) is 17.0. The van der Waals surface area contributed by atoms with Crippen molar-refractivity contribution in [1.29, 1.82) is 0 Å². The minimum absolute atomic E-state index is 0.370. The second kappa shape index (κ2) is 7.69. The predicted octanol–water partition coefficient (Wildman–Crippen LogP) is 3.88. The van der Waals surface area contributed by atoms with E-state index in [9.17, 15) is 4.79 Å². The smallest absolute Gasteiger partial charge is 0.330 e. The fraction of sp³-hybridized carbons (Fsp3) is 0.769. The molecular formula is C13H30O4Si3. The Labute approximate surface area is 127 Å². The quantitative estimate of drug-likeness (QED) is 0.278. The lowest BCUT2D eigenvalue weighted by molar-refractivity contribution is -0.137. The SMILES string of the molecule is C=CC(=O)OCCC[Si](C)(O[Si](C)(C)C)O[Si](C)(C)C. The van der Waals surface area contributed by atoms with Gasteiger partial charge in [0, 0.05) is 6.08 Å². The monoisotopic (exact) mass is 334 g/mol. The predicted molar refractivity (Wildman–Crippen MR) is 91.1 cm³/mol. The highest BCUT2D eigenvalue weighted by Crippen LogP contribution is 2.25. The van der Waals surface area contributed by atoms with Crippen molar-refractivity contribution in [3.05, 3.63) is 12.7 Å². The maximum Gasteiger partial charge on any atom is 0.330 e. The van der Waals surface area contributed by atoms with Gasteiger partial charge in [0.15, 0.2) is 16.6 Å². The number of ether oxygens (including phenoxy) is 1. The van der Waals surface area contributed by atoms with Crippen LogP contribution in [0.25, 0.3) is 0 Å². The summed E-state index contributed by atoms with van der Waals surface area (Å²) in [5.74, 6) is -0.370. The maximum absolute atomic E-state index is 11.0. The van der Waals surface area contributed by atoms with Crippen molar-refractivity contribution in [3.63, 3.8) is 0 Å². The van der Waals surface area contributed by atoms with Crippen LogP contribution in [0, 0.1) is 0 Å². The van der Waals surface area contributed by atoms with E-state index in [-0.39, 0.29) is 5.97 Å². The van der Waals surface area contributed by atoms with E-state index in [4.69, 9.17) is 13.0 Å². The van der Waals surface area contributed by atoms with Gasteiger partial charge in [0.25, 0.3) is 0 Å². The Morgan fingerprint density at radius 3 is 1.80 bits per heavy atom. The van der Waals surface area contributed by atoms with Crippen molar-refractivity contribution in [2.75, 3.05) is 6.61 Å². The first-order chi connectivity index (χ1) is 8.87. The Morgan fingerprint density at radius 1 is 1.00 bits per heavy atom. The summed E-state index contributed by atoms with van der Waals surface area (Å²) in [7, 11) is -5.49. The lowest BCUT2D eigenvalue weighted by atomic mass is 10.5. The molecule has 4 nitrogen and oxygen atoms in total. The van der Waals surface area contributed by atoms with E-state index in [0.29, 0.717) is 6.61 Å². The molecule has 118 valence electrons. The third kappa shape index (κ3) is 10.6. The summed E-state index contributed by atoms with van der Waals surface area (Å²) in [6, 6.07) is 0.853. The number of carbonyl (C=O) groups is 1. The van der Waals surface area contributed by atoms with Gasteiger partial charge in [-0.25, -0.2) is 4.79 Å². The zero-order valence-electron chi connectivity index (χ0n) is 14.0. The molecule has 0 atom stereocenters. The van der Waals surface area contributed by atoms with Gasteiger partial charge in [-0.05, 0) is 58.3 Å². The summed E-state index contributed by atoms with van der Waals surface area (Å²) >= 11 is 0. The van der Waals surface area contributed by atoms with Crippen molar-refractivity contribution >= 4 is 31.2 Å². The summed E-state index contributed by atoms with van der Waals surface area (Å²) in [6.45, 7) is 19.0. The number of hydrogen-bond donors (Lipinski definition) is 0. The van der Waals surface area contributed by atoms with Crippen LogP contribution >= 0.6 is 0 Å². The molecule has 20 heavy (non-hydrogen) atoms. The Kier molecular flexibility index (Phi) is 7.61. The standard InChI is InChI=1S/C13H30O4Si3/c1-9-13(14)15-11-10-12-20(8,16-18(2,3)4)17-19(5,6)7/h9H,1,10-12H2,2-8H3. The Bertz CT molecular complexity index is 315. The minimum atomic E-state index is -2.20. The molecule has 0 N–H and O–H groups in total. The molecule has 0 aromatic heterocycles. The van der Waals surface area contributed by atoms with E-state index in [0.717, 1.165) is 12.5 Å². The first kappa shape index (κ1) is 19.8. The van der Waals surface area contributed by atoms with Crippen LogP contribution in [0.1, 0.15) is 6.42 Å². The number of carbonyl (C=O) groups excluding carboxylic acids is 1. The maximum atomic E-state index is 11.0. The van der Waals surface area contributed by atoms with Crippen LogP contribution < -0.4 is 0 Å². The number of esters is 1. The molecular weight excluding hydrogens is 304 g/mol. The van der Waals surface area contributed by atoms with Crippen molar-refractivity contribution in [1.82, 2.24) is 0 Å². The highest BCUT2D eigenvalue weighted by Gasteiger charge is 2.39. The molecule has 0 aromatic rings. The summed E-state index contributed by atoms with van der Waals surface area (Å²) in [6.07, 6.45) is 1.96. The van der Waals surface area contributed by atoms with Crippen LogP contribution in [-0.2, 0) is 17.8 Å². The first-order valence-corrected chi connectivity index (χ1v) is 16.4. The molecule has 0 aliphatic rings. The molecule has 0 fully saturated rings. The average molecular weight is 335 g/mol. The largest absolute Gasteiger partial charge is 0.463 e. The van der Waals surface area contributed by atoms with Crippen molar-refractivity contribution < 1.29 is 17.8 Å². The topological polar surface area (TPSA) is 44.8 Å². The molecule has 0 radical (unpaired) electrons. The van der Waals surface area contributed by atoms with Gasteiger partial charge in [-0.1, -0.05) is 6.58 Å². The Morgan fingerprint density at radius 2 is 1.45 bits per heavy atom. The van der Waals surface area contributed by atoms with Gasteiger partial charge in [0.1, 0.15) is 0 Å².